The summed E-state index contributed by atoms with van der Waals surface area (Å²) in [5, 5.41) is 0. The highest BCUT2D eigenvalue weighted by atomic mass is 32.2. The number of rotatable bonds is 6. The minimum absolute atomic E-state index is 0.0524. The number of carbonyl (C=O) groups excluding carboxylic acids is 3. The van der Waals surface area contributed by atoms with E-state index in [1.807, 2.05) is 0 Å². The summed E-state index contributed by atoms with van der Waals surface area (Å²) in [7, 11) is -4.19. The molecular formula is C29H20N2O6S. The molecule has 1 heterocycles. The van der Waals surface area contributed by atoms with Crippen molar-refractivity contribution in [3.05, 3.63) is 126 Å². The number of anilines is 2. The predicted molar refractivity (Wildman–Crippen MR) is 142 cm³/mol. The zero-order valence-corrected chi connectivity index (χ0v) is 20.6. The zero-order chi connectivity index (χ0) is 26.7. The third kappa shape index (κ3) is 4.70. The average molecular weight is 525 g/mol. The number of carbonyl (C=O) groups is 3. The van der Waals surface area contributed by atoms with Crippen LogP contribution in [0.1, 0.15) is 5.56 Å². The molecule has 0 spiro atoms. The number of urea groups is 1. The van der Waals surface area contributed by atoms with E-state index in [4.69, 9.17) is 4.18 Å². The van der Waals surface area contributed by atoms with Crippen LogP contribution in [-0.4, -0.2) is 26.3 Å². The summed E-state index contributed by atoms with van der Waals surface area (Å²) in [5.41, 5.74) is 0.376. The Balaban J connectivity index is 1.61. The molecule has 4 amide bonds. The number of nitrogens with zero attached hydrogens (tertiary/aromatic N) is 2. The standard InChI is InChI=1S/C29H20N2O6S/c32-27-25(20-21-12-10-11-19-26(21)37-38(35,36)24-17-8-3-9-18-24)28(33)31(23-15-6-2-7-16-23)29(34)30(27)22-13-4-1-5-14-22/h1-20H. The molecule has 0 saturated carbocycles. The second kappa shape index (κ2) is 10.2. The van der Waals surface area contributed by atoms with Crippen LogP contribution in [0.2, 0.25) is 0 Å². The van der Waals surface area contributed by atoms with Crippen molar-refractivity contribution in [2.45, 2.75) is 4.90 Å². The van der Waals surface area contributed by atoms with Crippen LogP contribution in [0.15, 0.2) is 126 Å². The van der Waals surface area contributed by atoms with Crippen molar-refractivity contribution in [1.29, 1.82) is 0 Å². The lowest BCUT2D eigenvalue weighted by Gasteiger charge is -2.34. The second-order valence-corrected chi connectivity index (χ2v) is 9.73. The summed E-state index contributed by atoms with van der Waals surface area (Å²) in [6.45, 7) is 0. The molecule has 0 unspecified atom stereocenters. The van der Waals surface area contributed by atoms with Crippen LogP contribution in [0.5, 0.6) is 5.75 Å². The molecule has 5 rings (SSSR count). The fourth-order valence-corrected chi connectivity index (χ4v) is 4.90. The van der Waals surface area contributed by atoms with Gasteiger partial charge in [0.2, 0.25) is 0 Å². The fraction of sp³-hybridized carbons (Fsp3) is 0. The normalized spacial score (nSPS) is 14.0. The minimum atomic E-state index is -4.19. The largest absolute Gasteiger partial charge is 0.378 e. The smallest absolute Gasteiger partial charge is 0.343 e. The van der Waals surface area contributed by atoms with E-state index in [0.29, 0.717) is 0 Å². The van der Waals surface area contributed by atoms with Crippen LogP contribution in [0, 0.1) is 0 Å². The molecule has 0 aromatic heterocycles. The van der Waals surface area contributed by atoms with Gasteiger partial charge >= 0.3 is 16.1 Å². The third-order valence-corrected chi connectivity index (χ3v) is 6.98. The zero-order valence-electron chi connectivity index (χ0n) is 19.8. The van der Waals surface area contributed by atoms with Crippen LogP contribution in [-0.2, 0) is 19.7 Å². The monoisotopic (exact) mass is 524 g/mol. The maximum Gasteiger partial charge on any atom is 0.343 e. The number of benzene rings is 4. The van der Waals surface area contributed by atoms with Crippen molar-refractivity contribution in [3.63, 3.8) is 0 Å². The Labute approximate surface area is 219 Å². The summed E-state index contributed by atoms with van der Waals surface area (Å²) >= 11 is 0. The van der Waals surface area contributed by atoms with Crippen molar-refractivity contribution < 1.29 is 27.0 Å². The van der Waals surface area contributed by atoms with E-state index in [9.17, 15) is 22.8 Å². The Bertz CT molecular complexity index is 1590. The highest BCUT2D eigenvalue weighted by Gasteiger charge is 2.43. The van der Waals surface area contributed by atoms with E-state index in [2.05, 4.69) is 0 Å². The van der Waals surface area contributed by atoms with Gasteiger partial charge in [0.1, 0.15) is 16.2 Å². The average Bonchev–Trinajstić information content (AvgIpc) is 2.93. The Kier molecular flexibility index (Phi) is 6.59. The van der Waals surface area contributed by atoms with Crippen molar-refractivity contribution >= 4 is 45.4 Å². The number of amides is 4. The van der Waals surface area contributed by atoms with E-state index in [0.717, 1.165) is 9.80 Å². The van der Waals surface area contributed by atoms with E-state index in [1.54, 1.807) is 91.0 Å². The molecule has 4 aromatic rings. The van der Waals surface area contributed by atoms with Gasteiger partial charge in [-0.3, -0.25) is 9.59 Å². The topological polar surface area (TPSA) is 101 Å². The van der Waals surface area contributed by atoms with Crippen molar-refractivity contribution in [3.8, 4) is 5.75 Å². The van der Waals surface area contributed by atoms with Gasteiger partial charge in [0.05, 0.1) is 11.4 Å². The Morgan fingerprint density at radius 2 is 1.03 bits per heavy atom. The van der Waals surface area contributed by atoms with Gasteiger partial charge in [-0.2, -0.15) is 8.42 Å². The summed E-state index contributed by atoms with van der Waals surface area (Å²) in [6.07, 6.45) is 1.23. The lowest BCUT2D eigenvalue weighted by molar-refractivity contribution is -0.121. The van der Waals surface area contributed by atoms with Gasteiger partial charge in [0.25, 0.3) is 11.8 Å². The summed E-state index contributed by atoms with van der Waals surface area (Å²) < 4.78 is 31.1. The Morgan fingerprint density at radius 3 is 1.55 bits per heavy atom. The molecule has 188 valence electrons. The molecule has 0 aliphatic carbocycles. The van der Waals surface area contributed by atoms with E-state index < -0.39 is 28.0 Å². The van der Waals surface area contributed by atoms with Crippen LogP contribution in [0.4, 0.5) is 16.2 Å². The number of hydrogen-bond acceptors (Lipinski definition) is 6. The third-order valence-electron chi connectivity index (χ3n) is 5.73. The van der Waals surface area contributed by atoms with Gasteiger partial charge in [0, 0.05) is 5.56 Å². The van der Waals surface area contributed by atoms with Gasteiger partial charge in [-0.1, -0.05) is 72.8 Å². The molecule has 9 heteroatoms. The number of imide groups is 2. The van der Waals surface area contributed by atoms with Crippen LogP contribution >= 0.6 is 0 Å². The highest BCUT2D eigenvalue weighted by molar-refractivity contribution is 7.87. The number of hydrogen-bond donors (Lipinski definition) is 0. The van der Waals surface area contributed by atoms with Gasteiger partial charge in [-0.05, 0) is 48.5 Å². The first-order valence-corrected chi connectivity index (χ1v) is 12.9. The molecule has 1 aliphatic rings. The van der Waals surface area contributed by atoms with Gasteiger partial charge < -0.3 is 4.18 Å². The first kappa shape index (κ1) is 24.7. The van der Waals surface area contributed by atoms with E-state index >= 15 is 0 Å². The highest BCUT2D eigenvalue weighted by Crippen LogP contribution is 2.31. The van der Waals surface area contributed by atoms with Crippen molar-refractivity contribution in [2.24, 2.45) is 0 Å². The lowest BCUT2D eigenvalue weighted by Crippen LogP contribution is -2.57. The maximum atomic E-state index is 13.6. The maximum absolute atomic E-state index is 13.6. The molecule has 0 radical (unpaired) electrons. The Morgan fingerprint density at radius 1 is 0.579 bits per heavy atom. The van der Waals surface area contributed by atoms with E-state index in [-0.39, 0.29) is 33.2 Å². The summed E-state index contributed by atoms with van der Waals surface area (Å²) in [4.78, 5) is 42.4. The van der Waals surface area contributed by atoms with Crippen molar-refractivity contribution in [2.75, 3.05) is 9.80 Å². The number of para-hydroxylation sites is 3. The molecule has 1 fully saturated rings. The first-order chi connectivity index (χ1) is 18.4. The van der Waals surface area contributed by atoms with Crippen LogP contribution < -0.4 is 14.0 Å². The molecule has 1 aliphatic heterocycles. The number of barbiturate groups is 1. The molecule has 38 heavy (non-hydrogen) atoms. The fourth-order valence-electron chi connectivity index (χ4n) is 3.92. The molecule has 0 atom stereocenters. The summed E-state index contributed by atoms with van der Waals surface area (Å²) in [5.74, 6) is -1.78. The van der Waals surface area contributed by atoms with Crippen molar-refractivity contribution in [1.82, 2.24) is 0 Å². The predicted octanol–water partition coefficient (Wildman–Crippen LogP) is 5.04. The summed E-state index contributed by atoms with van der Waals surface area (Å²) in [6, 6.07) is 29.3. The molecule has 8 nitrogen and oxygen atoms in total. The van der Waals surface area contributed by atoms with Crippen LogP contribution in [0.25, 0.3) is 6.08 Å². The first-order valence-electron chi connectivity index (χ1n) is 11.5. The van der Waals surface area contributed by atoms with Crippen LogP contribution in [0.3, 0.4) is 0 Å². The van der Waals surface area contributed by atoms with Gasteiger partial charge in [-0.25, -0.2) is 14.6 Å². The van der Waals surface area contributed by atoms with Gasteiger partial charge in [0.15, 0.2) is 0 Å². The lowest BCUT2D eigenvalue weighted by atomic mass is 10.0. The molecule has 1 saturated heterocycles. The van der Waals surface area contributed by atoms with Gasteiger partial charge in [-0.15, -0.1) is 0 Å². The SMILES string of the molecule is O=C1C(=Cc2ccccc2OS(=O)(=O)c2ccccc2)C(=O)N(c2ccccc2)C(=O)N1c1ccccc1. The Hall–Kier alpha value is -5.02. The van der Waals surface area contributed by atoms with E-state index in [1.165, 1.54) is 30.3 Å². The second-order valence-electron chi connectivity index (χ2n) is 8.18. The molecule has 4 aromatic carbocycles. The molecular weight excluding hydrogens is 504 g/mol. The molecule has 0 N–H and O–H groups in total. The molecule has 0 bridgehead atoms. The minimum Gasteiger partial charge on any atom is -0.378 e. The quantitative estimate of drug-likeness (QED) is 0.199.